The average molecular weight is 673 g/mol. The highest BCUT2D eigenvalue weighted by Crippen LogP contribution is 2.45. The Bertz CT molecular complexity index is 1590. The maximum atomic E-state index is 12.5. The first-order valence-corrected chi connectivity index (χ1v) is 21.7. The highest BCUT2D eigenvalue weighted by molar-refractivity contribution is 7.86. The van der Waals surface area contributed by atoms with Crippen LogP contribution in [0.1, 0.15) is 48.0 Å². The molecule has 0 bridgehead atoms. The van der Waals surface area contributed by atoms with Gasteiger partial charge in [0.2, 0.25) is 0 Å². The van der Waals surface area contributed by atoms with E-state index in [1.54, 1.807) is 0 Å². The Kier molecular flexibility index (Phi) is 9.99. The number of hydrogen-bond acceptors (Lipinski definition) is 5. The van der Waals surface area contributed by atoms with E-state index in [1.807, 2.05) is 24.3 Å². The van der Waals surface area contributed by atoms with E-state index in [1.165, 1.54) is 10.4 Å². The first-order chi connectivity index (χ1) is 21.7. The summed E-state index contributed by atoms with van der Waals surface area (Å²) >= 11 is 0. The van der Waals surface area contributed by atoms with Crippen LogP contribution in [0, 0.1) is 5.92 Å². The van der Waals surface area contributed by atoms with Crippen molar-refractivity contribution < 1.29 is 21.5 Å². The predicted octanol–water partition coefficient (Wildman–Crippen LogP) is 5.87. The van der Waals surface area contributed by atoms with Crippen LogP contribution in [0.5, 0.6) is 0 Å². The highest BCUT2D eigenvalue weighted by Gasteiger charge is 2.57. The molecule has 5 rings (SSSR count). The lowest BCUT2D eigenvalue weighted by Crippen LogP contribution is -2.71. The Balaban J connectivity index is 1.59. The van der Waals surface area contributed by atoms with Gasteiger partial charge in [-0.05, 0) is 37.2 Å². The van der Waals surface area contributed by atoms with Gasteiger partial charge in [0, 0.05) is 12.5 Å². The van der Waals surface area contributed by atoms with E-state index < -0.39 is 39.0 Å². The van der Waals surface area contributed by atoms with E-state index >= 15 is 0 Å². The molecule has 46 heavy (non-hydrogen) atoms. The Labute approximate surface area is 278 Å². The second-order valence-electron chi connectivity index (χ2n) is 14.6. The average Bonchev–Trinajstić information content (AvgIpc) is 3.01. The molecule has 4 aromatic carbocycles. The largest absolute Gasteiger partial charge is 0.407 e. The molecule has 4 aromatic rings. The molecule has 8 heteroatoms. The molecule has 3 atom stereocenters. The van der Waals surface area contributed by atoms with Crippen molar-refractivity contribution in [3.05, 3.63) is 121 Å². The second kappa shape index (κ2) is 13.3. The third-order valence-electron chi connectivity index (χ3n) is 9.32. The molecule has 0 heterocycles. The minimum Gasteiger partial charge on any atom is -0.407 e. The molecule has 3 unspecified atom stereocenters. The molecule has 0 N–H and O–H groups in total. The van der Waals surface area contributed by atoms with E-state index in [0.29, 0.717) is 13.0 Å². The maximum Gasteiger partial charge on any atom is 0.264 e. The fourth-order valence-corrected chi connectivity index (χ4v) is 17.2. The van der Waals surface area contributed by atoms with Crippen molar-refractivity contribution in [3.8, 4) is 0 Å². The number of rotatable bonds is 11. The molecular formula is C38H48O5SSi2. The van der Waals surface area contributed by atoms with Gasteiger partial charge in [-0.25, -0.2) is 0 Å². The van der Waals surface area contributed by atoms with Crippen LogP contribution in [0.15, 0.2) is 121 Å². The van der Waals surface area contributed by atoms with Crippen LogP contribution in [0.4, 0.5) is 0 Å². The quantitative estimate of drug-likeness (QED) is 0.147. The first-order valence-electron chi connectivity index (χ1n) is 16.1. The predicted molar refractivity (Wildman–Crippen MR) is 194 cm³/mol. The fraction of sp³-hybridized carbons (Fsp3) is 0.368. The molecule has 0 amide bonds. The zero-order chi connectivity index (χ0) is 33.2. The number of hydrogen-bond donors (Lipinski definition) is 0. The van der Waals surface area contributed by atoms with E-state index in [-0.39, 0.29) is 16.0 Å². The van der Waals surface area contributed by atoms with Crippen LogP contribution >= 0.6 is 0 Å². The van der Waals surface area contributed by atoms with E-state index in [2.05, 4.69) is 139 Å². The standard InChI is InChI=1S/C38H48O5SSi2/c1-37(2,3)45(31-20-12-8-13-21-31,32-22-14-9-15-23-32)41-29-30-28-35(42-44(7,39)40)36(30)43-46(38(4,5)6,33-24-16-10-17-25-33)34-26-18-11-19-27-34/h8-27,30,35-36H,28-29H2,1-7H3. The molecule has 1 aliphatic rings. The van der Waals surface area contributed by atoms with Crippen molar-refractivity contribution in [1.29, 1.82) is 0 Å². The van der Waals surface area contributed by atoms with Crippen LogP contribution < -0.4 is 20.7 Å². The summed E-state index contributed by atoms with van der Waals surface area (Å²) in [4.78, 5) is 0. The van der Waals surface area contributed by atoms with Crippen molar-refractivity contribution in [1.82, 2.24) is 0 Å². The summed E-state index contributed by atoms with van der Waals surface area (Å²) in [6, 6.07) is 42.1. The van der Waals surface area contributed by atoms with Gasteiger partial charge in [0.25, 0.3) is 26.8 Å². The minimum atomic E-state index is -3.71. The molecule has 5 nitrogen and oxygen atoms in total. The van der Waals surface area contributed by atoms with Gasteiger partial charge >= 0.3 is 0 Å². The normalized spacial score (nSPS) is 19.4. The van der Waals surface area contributed by atoms with Gasteiger partial charge in [-0.2, -0.15) is 8.42 Å². The third-order valence-corrected chi connectivity index (χ3v) is 20.0. The molecule has 1 fully saturated rings. The lowest BCUT2D eigenvalue weighted by Gasteiger charge is -2.53. The Morgan fingerprint density at radius 2 is 0.957 bits per heavy atom. The molecule has 1 aliphatic carbocycles. The molecule has 0 spiro atoms. The second-order valence-corrected chi connectivity index (χ2v) is 24.7. The highest BCUT2D eigenvalue weighted by atomic mass is 32.2. The van der Waals surface area contributed by atoms with Crippen molar-refractivity contribution in [3.63, 3.8) is 0 Å². The van der Waals surface area contributed by atoms with Gasteiger partial charge in [-0.15, -0.1) is 0 Å². The molecule has 0 radical (unpaired) electrons. The van der Waals surface area contributed by atoms with Crippen LogP contribution in [0.3, 0.4) is 0 Å². The lowest BCUT2D eigenvalue weighted by molar-refractivity contribution is -0.0884. The van der Waals surface area contributed by atoms with Crippen LogP contribution in [0.2, 0.25) is 10.1 Å². The van der Waals surface area contributed by atoms with Gasteiger partial charge in [0.05, 0.1) is 12.4 Å². The van der Waals surface area contributed by atoms with Crippen molar-refractivity contribution >= 4 is 47.5 Å². The van der Waals surface area contributed by atoms with Crippen LogP contribution in [-0.4, -0.2) is 50.1 Å². The SMILES string of the molecule is CC(C)(C)[Si](OCC1CC(OS(C)(=O)=O)C1O[Si](c1ccccc1)(c1ccccc1)C(C)(C)C)(c1ccccc1)c1ccccc1. The van der Waals surface area contributed by atoms with Gasteiger partial charge < -0.3 is 8.85 Å². The molecule has 244 valence electrons. The summed E-state index contributed by atoms with van der Waals surface area (Å²) in [7, 11) is -9.53. The maximum absolute atomic E-state index is 12.5. The van der Waals surface area contributed by atoms with Gasteiger partial charge in [0.1, 0.15) is 6.10 Å². The summed E-state index contributed by atoms with van der Waals surface area (Å²) in [5.74, 6) is -0.0601. The van der Waals surface area contributed by atoms with Crippen molar-refractivity contribution in [2.24, 2.45) is 5.92 Å². The molecular weight excluding hydrogens is 625 g/mol. The summed E-state index contributed by atoms with van der Waals surface area (Å²) < 4.78 is 45.7. The molecule has 1 saturated carbocycles. The molecule has 0 aliphatic heterocycles. The summed E-state index contributed by atoms with van der Waals surface area (Å²) in [5.41, 5.74) is 0. The van der Waals surface area contributed by atoms with Gasteiger partial charge in [0.15, 0.2) is 0 Å². The zero-order valence-electron chi connectivity index (χ0n) is 28.1. The molecule has 0 saturated heterocycles. The smallest absolute Gasteiger partial charge is 0.264 e. The van der Waals surface area contributed by atoms with E-state index in [4.69, 9.17) is 13.0 Å². The van der Waals surface area contributed by atoms with E-state index in [9.17, 15) is 8.42 Å². The van der Waals surface area contributed by atoms with Gasteiger partial charge in [-0.3, -0.25) is 4.18 Å². The number of benzene rings is 4. The summed E-state index contributed by atoms with van der Waals surface area (Å²) in [5, 5.41) is 4.25. The lowest BCUT2D eigenvalue weighted by atomic mass is 9.80. The van der Waals surface area contributed by atoms with E-state index in [0.717, 1.165) is 16.6 Å². The minimum absolute atomic E-state index is 0.0601. The third kappa shape index (κ3) is 6.75. The first kappa shape index (κ1) is 34.5. The Morgan fingerprint density at radius 1 is 0.609 bits per heavy atom. The Morgan fingerprint density at radius 3 is 1.28 bits per heavy atom. The van der Waals surface area contributed by atoms with Crippen molar-refractivity contribution in [2.45, 2.75) is 70.2 Å². The van der Waals surface area contributed by atoms with Gasteiger partial charge in [-0.1, -0.05) is 163 Å². The topological polar surface area (TPSA) is 61.8 Å². The van der Waals surface area contributed by atoms with Crippen LogP contribution in [-0.2, 0) is 23.2 Å². The monoisotopic (exact) mass is 672 g/mol. The Hall–Kier alpha value is -2.86. The summed E-state index contributed by atoms with van der Waals surface area (Å²) in [6.07, 6.45) is 0.594. The fourth-order valence-electron chi connectivity index (χ4n) is 7.22. The molecule has 0 aromatic heterocycles. The van der Waals surface area contributed by atoms with Crippen LogP contribution in [0.25, 0.3) is 0 Å². The zero-order valence-corrected chi connectivity index (χ0v) is 31.0. The summed E-state index contributed by atoms with van der Waals surface area (Å²) in [6.45, 7) is 13.9. The van der Waals surface area contributed by atoms with Crippen molar-refractivity contribution in [2.75, 3.05) is 12.9 Å².